The standard InChI is InChI=1S/C12H13N5O3/c13-7-3-1-2-6-10(7)15-16-17(12(6)20)8-4-5-9(18)14-11(8)19/h1-3,8-9,18H,4-5,13H2,(H,14,19). The van der Waals surface area contributed by atoms with Gasteiger partial charge in [0.2, 0.25) is 5.91 Å². The lowest BCUT2D eigenvalue weighted by Gasteiger charge is -2.25. The third kappa shape index (κ3) is 1.90. The predicted octanol–water partition coefficient (Wildman–Crippen LogP) is -0.857. The molecule has 104 valence electrons. The molecule has 1 aromatic heterocycles. The number of piperidine rings is 1. The van der Waals surface area contributed by atoms with Crippen LogP contribution in [0.2, 0.25) is 0 Å². The van der Waals surface area contributed by atoms with Crippen molar-refractivity contribution in [1.29, 1.82) is 0 Å². The van der Waals surface area contributed by atoms with Crippen LogP contribution in [-0.4, -0.2) is 32.2 Å². The van der Waals surface area contributed by atoms with Crippen molar-refractivity contribution < 1.29 is 9.90 Å². The molecule has 1 aliphatic rings. The van der Waals surface area contributed by atoms with Gasteiger partial charge >= 0.3 is 0 Å². The van der Waals surface area contributed by atoms with Gasteiger partial charge in [0.05, 0.1) is 11.1 Å². The van der Waals surface area contributed by atoms with E-state index < -0.39 is 23.7 Å². The number of nitrogen functional groups attached to an aromatic ring is 1. The lowest BCUT2D eigenvalue weighted by molar-refractivity contribution is -0.131. The first-order valence-corrected chi connectivity index (χ1v) is 6.20. The number of carbonyl (C=O) groups is 1. The van der Waals surface area contributed by atoms with Crippen molar-refractivity contribution in [3.63, 3.8) is 0 Å². The van der Waals surface area contributed by atoms with Gasteiger partial charge in [0.25, 0.3) is 5.56 Å². The summed E-state index contributed by atoms with van der Waals surface area (Å²) in [6, 6.07) is 4.11. The Morgan fingerprint density at radius 2 is 2.15 bits per heavy atom. The van der Waals surface area contributed by atoms with Gasteiger partial charge in [-0.25, -0.2) is 0 Å². The van der Waals surface area contributed by atoms with Crippen molar-refractivity contribution in [2.45, 2.75) is 25.1 Å². The molecule has 1 aliphatic heterocycles. The van der Waals surface area contributed by atoms with Gasteiger partial charge < -0.3 is 16.2 Å². The largest absolute Gasteiger partial charge is 0.397 e. The molecule has 1 aromatic carbocycles. The van der Waals surface area contributed by atoms with Crippen molar-refractivity contribution in [1.82, 2.24) is 20.3 Å². The Kier molecular flexibility index (Phi) is 2.87. The first-order chi connectivity index (χ1) is 9.58. The molecule has 0 spiro atoms. The van der Waals surface area contributed by atoms with Gasteiger partial charge in [-0.15, -0.1) is 5.10 Å². The molecule has 0 radical (unpaired) electrons. The Morgan fingerprint density at radius 3 is 2.90 bits per heavy atom. The molecule has 0 saturated carbocycles. The minimum Gasteiger partial charge on any atom is -0.397 e. The van der Waals surface area contributed by atoms with Crippen LogP contribution in [0.25, 0.3) is 10.9 Å². The number of nitrogens with one attached hydrogen (secondary N) is 1. The van der Waals surface area contributed by atoms with Crippen LogP contribution in [0.4, 0.5) is 5.69 Å². The first kappa shape index (κ1) is 12.5. The van der Waals surface area contributed by atoms with E-state index in [9.17, 15) is 14.7 Å². The highest BCUT2D eigenvalue weighted by atomic mass is 16.3. The van der Waals surface area contributed by atoms with E-state index in [0.717, 1.165) is 4.68 Å². The number of rotatable bonds is 1. The Morgan fingerprint density at radius 1 is 1.35 bits per heavy atom. The summed E-state index contributed by atoms with van der Waals surface area (Å²) in [5.74, 6) is -0.441. The molecule has 8 nitrogen and oxygen atoms in total. The molecule has 2 unspecified atom stereocenters. The summed E-state index contributed by atoms with van der Waals surface area (Å²) in [6.07, 6.45) is -0.187. The number of aromatic nitrogens is 3. The van der Waals surface area contributed by atoms with Crippen molar-refractivity contribution >= 4 is 22.5 Å². The normalized spacial score (nSPS) is 22.8. The molecule has 1 saturated heterocycles. The van der Waals surface area contributed by atoms with Crippen molar-refractivity contribution in [3.05, 3.63) is 28.6 Å². The Labute approximate surface area is 113 Å². The van der Waals surface area contributed by atoms with Gasteiger partial charge in [-0.05, 0) is 25.0 Å². The van der Waals surface area contributed by atoms with E-state index in [4.69, 9.17) is 5.73 Å². The molecule has 4 N–H and O–H groups in total. The summed E-state index contributed by atoms with van der Waals surface area (Å²) in [5.41, 5.74) is 6.01. The number of hydrogen-bond acceptors (Lipinski definition) is 6. The fourth-order valence-corrected chi connectivity index (χ4v) is 2.32. The van der Waals surface area contributed by atoms with E-state index in [1.54, 1.807) is 18.2 Å². The lowest BCUT2D eigenvalue weighted by Crippen LogP contribution is -2.47. The second-order valence-corrected chi connectivity index (χ2v) is 4.70. The Hall–Kier alpha value is -2.48. The molecule has 20 heavy (non-hydrogen) atoms. The van der Waals surface area contributed by atoms with Crippen LogP contribution in [0.3, 0.4) is 0 Å². The highest BCUT2D eigenvalue weighted by Gasteiger charge is 2.30. The van der Waals surface area contributed by atoms with Crippen molar-refractivity contribution in [3.8, 4) is 0 Å². The number of nitrogens with two attached hydrogens (primary N) is 1. The zero-order valence-corrected chi connectivity index (χ0v) is 10.5. The van der Waals surface area contributed by atoms with Crippen LogP contribution in [0.5, 0.6) is 0 Å². The number of amides is 1. The maximum Gasteiger partial charge on any atom is 0.278 e. The van der Waals surface area contributed by atoms with Crippen LogP contribution in [0.15, 0.2) is 23.0 Å². The zero-order valence-electron chi connectivity index (χ0n) is 10.5. The van der Waals surface area contributed by atoms with Gasteiger partial charge in [0.15, 0.2) is 0 Å². The summed E-state index contributed by atoms with van der Waals surface area (Å²) < 4.78 is 1.04. The van der Waals surface area contributed by atoms with Crippen LogP contribution in [0.1, 0.15) is 18.9 Å². The molecule has 1 fully saturated rings. The molecule has 0 aliphatic carbocycles. The monoisotopic (exact) mass is 275 g/mol. The van der Waals surface area contributed by atoms with E-state index in [1.165, 1.54) is 0 Å². The maximum atomic E-state index is 12.4. The maximum absolute atomic E-state index is 12.4. The van der Waals surface area contributed by atoms with Crippen molar-refractivity contribution in [2.24, 2.45) is 0 Å². The summed E-state index contributed by atoms with van der Waals surface area (Å²) >= 11 is 0. The quantitative estimate of drug-likeness (QED) is 0.582. The smallest absolute Gasteiger partial charge is 0.278 e. The second kappa shape index (κ2) is 4.57. The number of fused-ring (bicyclic) bond motifs is 1. The molecule has 0 bridgehead atoms. The molecular formula is C12H13N5O3. The molecule has 2 atom stereocenters. The third-order valence-corrected chi connectivity index (χ3v) is 3.37. The topological polar surface area (TPSA) is 123 Å². The fourth-order valence-electron chi connectivity index (χ4n) is 2.32. The number of aliphatic hydroxyl groups is 1. The van der Waals surface area contributed by atoms with Crippen LogP contribution in [-0.2, 0) is 4.79 Å². The number of benzene rings is 1. The predicted molar refractivity (Wildman–Crippen MR) is 70.6 cm³/mol. The van der Waals surface area contributed by atoms with Gasteiger partial charge in [0.1, 0.15) is 17.8 Å². The van der Waals surface area contributed by atoms with E-state index in [1.807, 2.05) is 0 Å². The average Bonchev–Trinajstić information content (AvgIpc) is 2.41. The van der Waals surface area contributed by atoms with E-state index in [-0.39, 0.29) is 0 Å². The number of hydrogen-bond donors (Lipinski definition) is 3. The molecular weight excluding hydrogens is 262 g/mol. The number of anilines is 1. The zero-order chi connectivity index (χ0) is 14.3. The Bertz CT molecular complexity index is 741. The van der Waals surface area contributed by atoms with Crippen LogP contribution in [0, 0.1) is 0 Å². The first-order valence-electron chi connectivity index (χ1n) is 6.20. The number of carbonyl (C=O) groups excluding carboxylic acids is 1. The third-order valence-electron chi connectivity index (χ3n) is 3.37. The fraction of sp³-hybridized carbons (Fsp3) is 0.333. The second-order valence-electron chi connectivity index (χ2n) is 4.70. The SMILES string of the molecule is Nc1cccc2c(=O)n(C3CCC(O)NC3=O)nnc12. The van der Waals surface area contributed by atoms with Crippen molar-refractivity contribution in [2.75, 3.05) is 5.73 Å². The highest BCUT2D eigenvalue weighted by molar-refractivity contribution is 5.88. The molecule has 2 aromatic rings. The van der Waals surface area contributed by atoms with E-state index >= 15 is 0 Å². The van der Waals surface area contributed by atoms with Gasteiger partial charge in [-0.1, -0.05) is 11.3 Å². The van der Waals surface area contributed by atoms with Gasteiger partial charge in [-0.3, -0.25) is 9.59 Å². The highest BCUT2D eigenvalue weighted by Crippen LogP contribution is 2.19. The van der Waals surface area contributed by atoms with E-state index in [0.29, 0.717) is 29.4 Å². The van der Waals surface area contributed by atoms with E-state index in [2.05, 4.69) is 15.6 Å². The molecule has 2 heterocycles. The van der Waals surface area contributed by atoms with Crippen LogP contribution < -0.4 is 16.6 Å². The van der Waals surface area contributed by atoms with Gasteiger partial charge in [0, 0.05) is 0 Å². The van der Waals surface area contributed by atoms with Crippen LogP contribution >= 0.6 is 0 Å². The van der Waals surface area contributed by atoms with Gasteiger partial charge in [-0.2, -0.15) is 4.68 Å². The number of nitrogens with zero attached hydrogens (tertiary/aromatic N) is 3. The average molecular weight is 275 g/mol. The summed E-state index contributed by atoms with van der Waals surface area (Å²) in [5, 5.41) is 19.8. The summed E-state index contributed by atoms with van der Waals surface area (Å²) in [4.78, 5) is 24.2. The molecule has 1 amide bonds. The summed E-state index contributed by atoms with van der Waals surface area (Å²) in [6.45, 7) is 0. The number of aliphatic hydroxyl groups excluding tert-OH is 1. The lowest BCUT2D eigenvalue weighted by atomic mass is 10.1. The minimum absolute atomic E-state index is 0.318. The Balaban J connectivity index is 2.12. The molecule has 3 rings (SSSR count). The molecule has 8 heteroatoms. The summed E-state index contributed by atoms with van der Waals surface area (Å²) in [7, 11) is 0. The minimum atomic E-state index is -0.876.